The molecular formula is C81H60N2. The molecule has 2 heteroatoms. The number of rotatable bonds is 10. The second-order valence-electron chi connectivity index (χ2n) is 23.3. The number of anilines is 6. The molecule has 13 aromatic carbocycles. The van der Waals surface area contributed by atoms with E-state index in [-0.39, 0.29) is 5.92 Å². The standard InChI is InChI=1S/C81H60N2/c1-53-21-17-28-61(49-53)82(63-30-19-26-59(51-63)80(58-24-5-4-6-25-58)72-37-13-8-32-65(72)66-33-9-14-38-73(66)80)76-47-43-56-42-46-70-77(48-44-57-41-45-69(76)78(56)79(57)70)83(62-29-18-22-54(2)50-62)64-31-20-27-60(52-64)81(71-36-12-7-23-55(71)3)74-39-15-10-34-67(74)68-35-11-16-40-75(68)81/h4-52,55,71H,1-3H3. The first kappa shape index (κ1) is 48.8. The minimum atomic E-state index is -0.542. The zero-order valence-corrected chi connectivity index (χ0v) is 46.8. The van der Waals surface area contributed by atoms with Crippen molar-refractivity contribution >= 4 is 66.4 Å². The van der Waals surface area contributed by atoms with E-state index >= 15 is 0 Å². The second-order valence-corrected chi connectivity index (χ2v) is 23.3. The number of allylic oxidation sites excluding steroid dienone is 4. The normalized spacial score (nSPS) is 16.0. The summed E-state index contributed by atoms with van der Waals surface area (Å²) in [5.74, 6) is 0.490. The van der Waals surface area contributed by atoms with Crippen LogP contribution in [-0.2, 0) is 10.8 Å². The van der Waals surface area contributed by atoms with E-state index in [0.29, 0.717) is 5.92 Å². The summed E-state index contributed by atoms with van der Waals surface area (Å²) >= 11 is 0. The Balaban J connectivity index is 0.906. The van der Waals surface area contributed by atoms with Gasteiger partial charge < -0.3 is 9.80 Å². The Morgan fingerprint density at radius 1 is 0.325 bits per heavy atom. The average Bonchev–Trinajstić information content (AvgIpc) is 2.03. The first-order valence-electron chi connectivity index (χ1n) is 29.4. The van der Waals surface area contributed by atoms with Crippen molar-refractivity contribution in [3.8, 4) is 22.3 Å². The molecule has 16 rings (SSSR count). The van der Waals surface area contributed by atoms with Crippen LogP contribution in [0.2, 0.25) is 0 Å². The highest BCUT2D eigenvalue weighted by Gasteiger charge is 2.51. The van der Waals surface area contributed by atoms with Gasteiger partial charge in [0.05, 0.1) is 22.2 Å². The first-order chi connectivity index (χ1) is 40.9. The van der Waals surface area contributed by atoms with Crippen molar-refractivity contribution in [3.05, 3.63) is 347 Å². The van der Waals surface area contributed by atoms with E-state index in [0.717, 1.165) is 34.1 Å². The molecule has 0 heterocycles. The van der Waals surface area contributed by atoms with Gasteiger partial charge in [-0.05, 0) is 174 Å². The van der Waals surface area contributed by atoms with Crippen molar-refractivity contribution in [1.82, 2.24) is 0 Å². The molecule has 0 amide bonds. The van der Waals surface area contributed by atoms with Crippen LogP contribution >= 0.6 is 0 Å². The number of hydrogen-bond donors (Lipinski definition) is 0. The predicted molar refractivity (Wildman–Crippen MR) is 349 cm³/mol. The molecule has 0 saturated heterocycles. The molecule has 0 aromatic heterocycles. The molecule has 0 spiro atoms. The zero-order chi connectivity index (χ0) is 55.4. The molecule has 0 N–H and O–H groups in total. The minimum Gasteiger partial charge on any atom is -0.310 e. The van der Waals surface area contributed by atoms with Crippen LogP contribution in [0.1, 0.15) is 57.0 Å². The van der Waals surface area contributed by atoms with Crippen molar-refractivity contribution in [2.45, 2.75) is 31.6 Å². The molecule has 0 saturated carbocycles. The van der Waals surface area contributed by atoms with Crippen molar-refractivity contribution in [1.29, 1.82) is 0 Å². The molecule has 3 aliphatic rings. The fourth-order valence-corrected chi connectivity index (χ4v) is 15.4. The maximum atomic E-state index is 2.52. The number of hydrogen-bond acceptors (Lipinski definition) is 2. The maximum absolute atomic E-state index is 2.52. The van der Waals surface area contributed by atoms with Crippen LogP contribution in [0.25, 0.3) is 54.6 Å². The zero-order valence-electron chi connectivity index (χ0n) is 46.8. The molecule has 2 nitrogen and oxygen atoms in total. The molecule has 2 unspecified atom stereocenters. The molecule has 0 aliphatic heterocycles. The topological polar surface area (TPSA) is 6.48 Å². The lowest BCUT2D eigenvalue weighted by molar-refractivity contribution is 0.374. The monoisotopic (exact) mass is 1060 g/mol. The number of benzene rings is 13. The Labute approximate surface area is 486 Å². The SMILES string of the molecule is Cc1cccc(N(c2cccc(C3(c4ccccc4)c4ccccc4-c4ccccc43)c2)c2ccc3ccc4c(N(c5cccc(C)c5)c5cccc(C6(C7C=CC=CC7C)c7ccccc7-c7ccccc76)c5)ccc5ccc2c3c54)c1. The van der Waals surface area contributed by atoms with E-state index in [2.05, 4.69) is 328 Å². The Bertz CT molecular complexity index is 4680. The van der Waals surface area contributed by atoms with Crippen LogP contribution in [0.3, 0.4) is 0 Å². The molecule has 3 aliphatic carbocycles. The first-order valence-corrected chi connectivity index (χ1v) is 29.4. The van der Waals surface area contributed by atoms with Gasteiger partial charge in [0.2, 0.25) is 0 Å². The van der Waals surface area contributed by atoms with E-state index in [9.17, 15) is 0 Å². The Morgan fingerprint density at radius 3 is 1.23 bits per heavy atom. The van der Waals surface area contributed by atoms with Gasteiger partial charge >= 0.3 is 0 Å². The smallest absolute Gasteiger partial charge is 0.0714 e. The summed E-state index contributed by atoms with van der Waals surface area (Å²) in [7, 11) is 0. The predicted octanol–water partition coefficient (Wildman–Crippen LogP) is 21.2. The summed E-state index contributed by atoms with van der Waals surface area (Å²) < 4.78 is 0. The summed E-state index contributed by atoms with van der Waals surface area (Å²) in [5, 5.41) is 7.36. The van der Waals surface area contributed by atoms with Crippen molar-refractivity contribution in [2.24, 2.45) is 11.8 Å². The summed E-state index contributed by atoms with van der Waals surface area (Å²) in [6.07, 6.45) is 9.35. The Kier molecular flexibility index (Phi) is 11.2. The van der Waals surface area contributed by atoms with Gasteiger partial charge in [-0.3, -0.25) is 0 Å². The van der Waals surface area contributed by atoms with Gasteiger partial charge in [-0.25, -0.2) is 0 Å². The number of fused-ring (bicyclic) bond motifs is 6. The third-order valence-electron chi connectivity index (χ3n) is 18.8. The van der Waals surface area contributed by atoms with Gasteiger partial charge in [-0.2, -0.15) is 0 Å². The highest BCUT2D eigenvalue weighted by molar-refractivity contribution is 6.28. The number of nitrogens with zero attached hydrogens (tertiary/aromatic N) is 2. The third-order valence-corrected chi connectivity index (χ3v) is 18.8. The quantitative estimate of drug-likeness (QED) is 0.126. The molecule has 394 valence electrons. The highest BCUT2D eigenvalue weighted by atomic mass is 15.2. The lowest BCUT2D eigenvalue weighted by Gasteiger charge is -2.42. The van der Waals surface area contributed by atoms with E-state index < -0.39 is 10.8 Å². The van der Waals surface area contributed by atoms with Crippen molar-refractivity contribution in [3.63, 3.8) is 0 Å². The highest BCUT2D eigenvalue weighted by Crippen LogP contribution is 2.61. The van der Waals surface area contributed by atoms with Crippen molar-refractivity contribution < 1.29 is 0 Å². The largest absolute Gasteiger partial charge is 0.310 e. The van der Waals surface area contributed by atoms with Crippen LogP contribution in [0.5, 0.6) is 0 Å². The number of aryl methyl sites for hydroxylation is 2. The van der Waals surface area contributed by atoms with Crippen LogP contribution in [-0.4, -0.2) is 0 Å². The fourth-order valence-electron chi connectivity index (χ4n) is 15.4. The van der Waals surface area contributed by atoms with Gasteiger partial charge in [0.15, 0.2) is 0 Å². The molecule has 0 fully saturated rings. The molecule has 2 atom stereocenters. The molecule has 0 radical (unpaired) electrons. The van der Waals surface area contributed by atoms with Gasteiger partial charge in [0, 0.05) is 39.4 Å². The van der Waals surface area contributed by atoms with Gasteiger partial charge in [0.25, 0.3) is 0 Å². The molecule has 83 heavy (non-hydrogen) atoms. The maximum Gasteiger partial charge on any atom is 0.0714 e. The Morgan fingerprint density at radius 2 is 0.723 bits per heavy atom. The van der Waals surface area contributed by atoms with E-state index in [4.69, 9.17) is 0 Å². The summed E-state index contributed by atoms with van der Waals surface area (Å²) in [6.45, 7) is 6.80. The van der Waals surface area contributed by atoms with Crippen LogP contribution in [0, 0.1) is 25.7 Å². The van der Waals surface area contributed by atoms with Gasteiger partial charge in [0.1, 0.15) is 0 Å². The van der Waals surface area contributed by atoms with E-state index in [1.807, 2.05) is 0 Å². The van der Waals surface area contributed by atoms with E-state index in [1.54, 1.807) is 0 Å². The van der Waals surface area contributed by atoms with E-state index in [1.165, 1.54) is 105 Å². The lowest BCUT2D eigenvalue weighted by Crippen LogP contribution is -2.39. The molecule has 0 bridgehead atoms. The average molecular weight is 1060 g/mol. The summed E-state index contributed by atoms with van der Waals surface area (Å²) in [5.41, 5.74) is 22.5. The third kappa shape index (κ3) is 7.22. The summed E-state index contributed by atoms with van der Waals surface area (Å²) in [6, 6.07) is 103. The molecular weight excluding hydrogens is 1000 g/mol. The molecule has 13 aromatic rings. The lowest BCUT2D eigenvalue weighted by atomic mass is 9.60. The second kappa shape index (κ2) is 19.0. The van der Waals surface area contributed by atoms with Crippen LogP contribution in [0.4, 0.5) is 34.1 Å². The summed E-state index contributed by atoms with van der Waals surface area (Å²) in [4.78, 5) is 5.03. The minimum absolute atomic E-state index is 0.187. The van der Waals surface area contributed by atoms with Crippen LogP contribution in [0.15, 0.2) is 297 Å². The van der Waals surface area contributed by atoms with Gasteiger partial charge in [-0.15, -0.1) is 0 Å². The van der Waals surface area contributed by atoms with Crippen molar-refractivity contribution in [2.75, 3.05) is 9.80 Å². The Hall–Kier alpha value is -10.0. The van der Waals surface area contributed by atoms with Gasteiger partial charge in [-0.1, -0.05) is 244 Å². The fraction of sp³-hybridized carbons (Fsp3) is 0.0864. The van der Waals surface area contributed by atoms with Crippen LogP contribution < -0.4 is 9.80 Å².